The molecular weight excluding hydrogens is 366 g/mol. The number of urea groups is 1. The van der Waals surface area contributed by atoms with Crippen LogP contribution in [0.1, 0.15) is 31.3 Å². The Balaban J connectivity index is 1.67. The number of hydrogen-bond donors (Lipinski definition) is 2. The molecule has 3 rings (SSSR count). The van der Waals surface area contributed by atoms with Gasteiger partial charge in [0.25, 0.3) is 5.91 Å². The highest BCUT2D eigenvalue weighted by atomic mass is 32.1. The van der Waals surface area contributed by atoms with Crippen LogP contribution >= 0.6 is 11.3 Å². The first-order valence-corrected chi connectivity index (χ1v) is 9.43. The van der Waals surface area contributed by atoms with Gasteiger partial charge in [-0.05, 0) is 18.4 Å². The standard InChI is InChI=1S/C18H21N5O3S/c1-11(2)9-14-21-22-16(27-14)19-13(24)10-23-15(25)18(3,20-17(23)26)12-7-5-4-6-8-12/h4-8,11H,9-10H2,1-3H3,(H,20,26)(H,19,22,24)/t18-/m0/s1. The van der Waals surface area contributed by atoms with Crippen LogP contribution in [0.4, 0.5) is 9.93 Å². The summed E-state index contributed by atoms with van der Waals surface area (Å²) in [6, 6.07) is 8.34. The molecule has 2 N–H and O–H groups in total. The van der Waals surface area contributed by atoms with Gasteiger partial charge >= 0.3 is 6.03 Å². The highest BCUT2D eigenvalue weighted by Crippen LogP contribution is 2.28. The van der Waals surface area contributed by atoms with Gasteiger partial charge in [0, 0.05) is 6.42 Å². The SMILES string of the molecule is CC(C)Cc1nnc(NC(=O)CN2C(=O)N[C@@](C)(c3ccccc3)C2=O)s1. The number of nitrogens with zero attached hydrogens (tertiary/aromatic N) is 3. The van der Waals surface area contributed by atoms with E-state index in [0.717, 1.165) is 16.3 Å². The van der Waals surface area contributed by atoms with Crippen LogP contribution in [0, 0.1) is 5.92 Å². The van der Waals surface area contributed by atoms with Gasteiger partial charge in [0.05, 0.1) is 0 Å². The highest BCUT2D eigenvalue weighted by Gasteiger charge is 2.49. The Morgan fingerprint density at radius 3 is 2.63 bits per heavy atom. The Kier molecular flexibility index (Phi) is 5.22. The molecule has 1 aliphatic heterocycles. The van der Waals surface area contributed by atoms with Crippen LogP contribution in [0.15, 0.2) is 30.3 Å². The van der Waals surface area contributed by atoms with Gasteiger partial charge in [-0.25, -0.2) is 4.79 Å². The zero-order valence-electron chi connectivity index (χ0n) is 15.4. The monoisotopic (exact) mass is 387 g/mol. The molecule has 27 heavy (non-hydrogen) atoms. The normalized spacial score (nSPS) is 19.5. The van der Waals surface area contributed by atoms with Gasteiger partial charge in [-0.2, -0.15) is 0 Å². The average Bonchev–Trinajstić information content (AvgIpc) is 3.13. The van der Waals surface area contributed by atoms with Gasteiger partial charge in [-0.3, -0.25) is 19.8 Å². The summed E-state index contributed by atoms with van der Waals surface area (Å²) in [7, 11) is 0. The zero-order valence-corrected chi connectivity index (χ0v) is 16.2. The number of rotatable bonds is 6. The summed E-state index contributed by atoms with van der Waals surface area (Å²) in [6.45, 7) is 5.39. The molecule has 0 spiro atoms. The molecule has 2 aromatic rings. The summed E-state index contributed by atoms with van der Waals surface area (Å²) >= 11 is 1.29. The van der Waals surface area contributed by atoms with E-state index in [1.165, 1.54) is 11.3 Å². The lowest BCUT2D eigenvalue weighted by Gasteiger charge is -2.21. The van der Waals surface area contributed by atoms with E-state index in [4.69, 9.17) is 0 Å². The van der Waals surface area contributed by atoms with Crippen LogP contribution in [-0.4, -0.2) is 39.5 Å². The Labute approximate surface area is 161 Å². The maximum absolute atomic E-state index is 12.8. The van der Waals surface area contributed by atoms with E-state index in [2.05, 4.69) is 34.7 Å². The number of benzene rings is 1. The van der Waals surface area contributed by atoms with Crippen molar-refractivity contribution in [2.45, 2.75) is 32.7 Å². The summed E-state index contributed by atoms with van der Waals surface area (Å²) in [6.07, 6.45) is 0.774. The zero-order chi connectivity index (χ0) is 19.6. The van der Waals surface area contributed by atoms with Crippen LogP contribution in [-0.2, 0) is 21.5 Å². The number of aromatic nitrogens is 2. The molecule has 0 saturated carbocycles. The lowest BCUT2D eigenvalue weighted by Crippen LogP contribution is -2.42. The van der Waals surface area contributed by atoms with Crippen molar-refractivity contribution in [2.24, 2.45) is 5.92 Å². The molecule has 142 valence electrons. The molecule has 1 aliphatic rings. The lowest BCUT2D eigenvalue weighted by atomic mass is 9.92. The first-order chi connectivity index (χ1) is 12.8. The molecule has 0 radical (unpaired) electrons. The molecule has 2 heterocycles. The van der Waals surface area contributed by atoms with Crippen LogP contribution < -0.4 is 10.6 Å². The second-order valence-corrected chi connectivity index (χ2v) is 8.02. The number of anilines is 1. The maximum atomic E-state index is 12.8. The van der Waals surface area contributed by atoms with Gasteiger partial charge in [0.1, 0.15) is 17.1 Å². The lowest BCUT2D eigenvalue weighted by molar-refractivity contribution is -0.133. The van der Waals surface area contributed by atoms with E-state index in [0.29, 0.717) is 16.6 Å². The van der Waals surface area contributed by atoms with Crippen molar-refractivity contribution in [2.75, 3.05) is 11.9 Å². The van der Waals surface area contributed by atoms with Crippen molar-refractivity contribution < 1.29 is 14.4 Å². The van der Waals surface area contributed by atoms with E-state index in [1.807, 2.05) is 6.07 Å². The van der Waals surface area contributed by atoms with Gasteiger partial charge in [0.15, 0.2) is 0 Å². The third kappa shape index (κ3) is 3.97. The molecule has 9 heteroatoms. The summed E-state index contributed by atoms with van der Waals surface area (Å²) in [4.78, 5) is 38.3. The number of hydrogen-bond acceptors (Lipinski definition) is 6. The van der Waals surface area contributed by atoms with Crippen molar-refractivity contribution in [1.82, 2.24) is 20.4 Å². The minimum atomic E-state index is -1.19. The minimum Gasteiger partial charge on any atom is -0.319 e. The molecule has 1 saturated heterocycles. The topological polar surface area (TPSA) is 104 Å². The molecule has 4 amide bonds. The maximum Gasteiger partial charge on any atom is 0.325 e. The molecule has 0 unspecified atom stereocenters. The Bertz CT molecular complexity index is 867. The third-order valence-electron chi connectivity index (χ3n) is 4.22. The number of carbonyl (C=O) groups excluding carboxylic acids is 3. The predicted octanol–water partition coefficient (Wildman–Crippen LogP) is 2.14. The predicted molar refractivity (Wildman–Crippen MR) is 101 cm³/mol. The summed E-state index contributed by atoms with van der Waals surface area (Å²) in [5, 5.41) is 14.4. The molecule has 0 aliphatic carbocycles. The van der Waals surface area contributed by atoms with Gasteiger partial charge < -0.3 is 5.32 Å². The molecule has 1 atom stereocenters. The van der Waals surface area contributed by atoms with Crippen LogP contribution in [0.25, 0.3) is 0 Å². The second kappa shape index (κ2) is 7.43. The molecule has 1 aromatic heterocycles. The third-order valence-corrected chi connectivity index (χ3v) is 5.08. The Morgan fingerprint density at radius 2 is 1.96 bits per heavy atom. The Morgan fingerprint density at radius 1 is 1.26 bits per heavy atom. The fraction of sp³-hybridized carbons (Fsp3) is 0.389. The quantitative estimate of drug-likeness (QED) is 0.739. The molecule has 1 fully saturated rings. The van der Waals surface area contributed by atoms with Crippen molar-refractivity contribution in [3.63, 3.8) is 0 Å². The first-order valence-electron chi connectivity index (χ1n) is 8.61. The van der Waals surface area contributed by atoms with Crippen LogP contribution in [0.5, 0.6) is 0 Å². The smallest absolute Gasteiger partial charge is 0.319 e. The largest absolute Gasteiger partial charge is 0.325 e. The minimum absolute atomic E-state index is 0.355. The number of amides is 4. The summed E-state index contributed by atoms with van der Waals surface area (Å²) in [5.74, 6) is -0.530. The van der Waals surface area contributed by atoms with Crippen molar-refractivity contribution in [1.29, 1.82) is 0 Å². The Hall–Kier alpha value is -2.81. The molecule has 1 aromatic carbocycles. The fourth-order valence-electron chi connectivity index (χ4n) is 2.85. The van der Waals surface area contributed by atoms with Crippen molar-refractivity contribution in [3.05, 3.63) is 40.9 Å². The summed E-state index contributed by atoms with van der Waals surface area (Å²) < 4.78 is 0. The van der Waals surface area contributed by atoms with Gasteiger partial charge in [-0.15, -0.1) is 10.2 Å². The highest BCUT2D eigenvalue weighted by molar-refractivity contribution is 7.15. The second-order valence-electron chi connectivity index (χ2n) is 6.96. The summed E-state index contributed by atoms with van der Waals surface area (Å²) in [5.41, 5.74) is -0.528. The van der Waals surface area contributed by atoms with E-state index in [1.54, 1.807) is 31.2 Å². The van der Waals surface area contributed by atoms with E-state index in [9.17, 15) is 14.4 Å². The van der Waals surface area contributed by atoms with Crippen LogP contribution in [0.2, 0.25) is 0 Å². The molecule has 8 nitrogen and oxygen atoms in total. The van der Waals surface area contributed by atoms with Crippen molar-refractivity contribution in [3.8, 4) is 0 Å². The number of carbonyl (C=O) groups is 3. The van der Waals surface area contributed by atoms with E-state index < -0.39 is 23.4 Å². The average molecular weight is 387 g/mol. The fourth-order valence-corrected chi connectivity index (χ4v) is 3.81. The number of nitrogens with one attached hydrogen (secondary N) is 2. The molecular formula is C18H21N5O3S. The van der Waals surface area contributed by atoms with Crippen molar-refractivity contribution >= 4 is 34.3 Å². The number of imide groups is 1. The van der Waals surface area contributed by atoms with Crippen LogP contribution in [0.3, 0.4) is 0 Å². The van der Waals surface area contributed by atoms with Gasteiger partial charge in [-0.1, -0.05) is 55.5 Å². The van der Waals surface area contributed by atoms with Gasteiger partial charge in [0.2, 0.25) is 11.0 Å². The molecule has 0 bridgehead atoms. The first kappa shape index (κ1) is 19.0. The van der Waals surface area contributed by atoms with E-state index in [-0.39, 0.29) is 6.54 Å². The van der Waals surface area contributed by atoms with E-state index >= 15 is 0 Å².